The highest BCUT2D eigenvalue weighted by molar-refractivity contribution is 8.00. The minimum atomic E-state index is -0.985. The number of ether oxygens (including phenoxy) is 1. The lowest BCUT2D eigenvalue weighted by Crippen LogP contribution is -2.35. The van der Waals surface area contributed by atoms with Crippen LogP contribution < -0.4 is 10.1 Å². The highest BCUT2D eigenvalue weighted by Gasteiger charge is 2.22. The Morgan fingerprint density at radius 2 is 1.77 bits per heavy atom. The van der Waals surface area contributed by atoms with Gasteiger partial charge in [-0.15, -0.1) is 11.8 Å². The number of carbonyl (C=O) groups excluding carboxylic acids is 1. The Labute approximate surface area is 161 Å². The predicted octanol–water partition coefficient (Wildman–Crippen LogP) is 4.16. The molecule has 0 bridgehead atoms. The zero-order chi connectivity index (χ0) is 19.1. The van der Waals surface area contributed by atoms with Gasteiger partial charge in [0.05, 0.1) is 24.8 Å². The molecular formula is C19H20ClNO4S. The molecule has 2 aromatic rings. The molecule has 138 valence electrons. The number of halogens is 1. The van der Waals surface area contributed by atoms with Crippen molar-refractivity contribution < 1.29 is 19.4 Å². The molecular weight excluding hydrogens is 374 g/mol. The number of hydrogen-bond acceptors (Lipinski definition) is 4. The molecule has 0 aliphatic rings. The highest BCUT2D eigenvalue weighted by atomic mass is 35.5. The second-order valence-electron chi connectivity index (χ2n) is 5.65. The van der Waals surface area contributed by atoms with Crippen molar-refractivity contribution in [2.24, 2.45) is 0 Å². The van der Waals surface area contributed by atoms with Crippen LogP contribution in [-0.4, -0.2) is 29.3 Å². The number of thioether (sulfide) groups is 1. The zero-order valence-corrected chi connectivity index (χ0v) is 16.0. The monoisotopic (exact) mass is 393 g/mol. The van der Waals surface area contributed by atoms with E-state index in [1.54, 1.807) is 38.3 Å². The second kappa shape index (κ2) is 9.50. The van der Waals surface area contributed by atoms with Gasteiger partial charge in [0.2, 0.25) is 5.91 Å². The lowest BCUT2D eigenvalue weighted by Gasteiger charge is -2.20. The Morgan fingerprint density at radius 3 is 2.31 bits per heavy atom. The van der Waals surface area contributed by atoms with E-state index in [9.17, 15) is 9.59 Å². The van der Waals surface area contributed by atoms with Crippen molar-refractivity contribution in [2.75, 3.05) is 7.11 Å². The third-order valence-electron chi connectivity index (χ3n) is 3.71. The van der Waals surface area contributed by atoms with E-state index in [0.717, 1.165) is 10.6 Å². The normalized spacial score (nSPS) is 12.9. The first-order valence-electron chi connectivity index (χ1n) is 7.97. The van der Waals surface area contributed by atoms with Gasteiger partial charge in [-0.25, -0.2) is 0 Å². The van der Waals surface area contributed by atoms with Gasteiger partial charge in [0.25, 0.3) is 0 Å². The summed E-state index contributed by atoms with van der Waals surface area (Å²) in [6.07, 6.45) is -0.201. The molecule has 0 saturated heterocycles. The summed E-state index contributed by atoms with van der Waals surface area (Å²) in [7, 11) is 1.59. The van der Waals surface area contributed by atoms with Gasteiger partial charge in [0.1, 0.15) is 5.75 Å². The molecule has 5 nitrogen and oxygen atoms in total. The van der Waals surface area contributed by atoms with Gasteiger partial charge in [-0.1, -0.05) is 23.7 Å². The fraction of sp³-hybridized carbons (Fsp3) is 0.263. The van der Waals surface area contributed by atoms with Crippen molar-refractivity contribution in [1.82, 2.24) is 5.32 Å². The van der Waals surface area contributed by atoms with Gasteiger partial charge in [-0.2, -0.15) is 0 Å². The maximum atomic E-state index is 12.5. The maximum Gasteiger partial charge on any atom is 0.305 e. The highest BCUT2D eigenvalue weighted by Crippen LogP contribution is 2.27. The number of benzene rings is 2. The standard InChI is InChI=1S/C19H20ClNO4S/c1-12(26-16-9-7-15(25-2)8-10-16)19(24)21-17(11-18(22)23)13-3-5-14(20)6-4-13/h3-10,12,17H,11H2,1-2H3,(H,21,24)(H,22,23)/t12?,17-/m0/s1. The van der Waals surface area contributed by atoms with Crippen LogP contribution in [0.25, 0.3) is 0 Å². The van der Waals surface area contributed by atoms with E-state index in [0.29, 0.717) is 10.6 Å². The largest absolute Gasteiger partial charge is 0.497 e. The average molecular weight is 394 g/mol. The molecule has 2 N–H and O–H groups in total. The summed E-state index contributed by atoms with van der Waals surface area (Å²) in [4.78, 5) is 24.6. The first kappa shape index (κ1) is 20.1. The van der Waals surface area contributed by atoms with Crippen LogP contribution in [0.3, 0.4) is 0 Å². The molecule has 1 unspecified atom stereocenters. The van der Waals surface area contributed by atoms with Crippen molar-refractivity contribution in [2.45, 2.75) is 29.5 Å². The van der Waals surface area contributed by atoms with E-state index in [2.05, 4.69) is 5.32 Å². The summed E-state index contributed by atoms with van der Waals surface area (Å²) < 4.78 is 5.12. The minimum Gasteiger partial charge on any atom is -0.497 e. The third-order valence-corrected chi connectivity index (χ3v) is 5.07. The van der Waals surface area contributed by atoms with Gasteiger partial charge in [0, 0.05) is 9.92 Å². The SMILES string of the molecule is COc1ccc(SC(C)C(=O)N[C@@H](CC(=O)O)c2ccc(Cl)cc2)cc1. The molecule has 2 atom stereocenters. The van der Waals surface area contributed by atoms with Gasteiger partial charge in [-0.05, 0) is 48.9 Å². The Bertz CT molecular complexity index is 749. The number of hydrogen-bond donors (Lipinski definition) is 2. The number of aliphatic carboxylic acids is 1. The molecule has 0 aromatic heterocycles. The molecule has 0 fully saturated rings. The Kier molecular flexibility index (Phi) is 7.36. The number of amides is 1. The molecule has 0 spiro atoms. The Hall–Kier alpha value is -2.18. The van der Waals surface area contributed by atoms with Crippen LogP contribution in [0.2, 0.25) is 5.02 Å². The van der Waals surface area contributed by atoms with E-state index in [1.165, 1.54) is 11.8 Å². The molecule has 0 radical (unpaired) electrons. The van der Waals surface area contributed by atoms with Crippen molar-refractivity contribution in [3.63, 3.8) is 0 Å². The summed E-state index contributed by atoms with van der Waals surface area (Å²) >= 11 is 7.27. The van der Waals surface area contributed by atoms with E-state index < -0.39 is 12.0 Å². The lowest BCUT2D eigenvalue weighted by molar-refractivity contribution is -0.137. The molecule has 0 heterocycles. The molecule has 26 heavy (non-hydrogen) atoms. The third kappa shape index (κ3) is 5.97. The average Bonchev–Trinajstić information content (AvgIpc) is 2.62. The molecule has 1 amide bonds. The molecule has 0 saturated carbocycles. The first-order chi connectivity index (χ1) is 12.4. The van der Waals surface area contributed by atoms with Crippen LogP contribution in [0.5, 0.6) is 5.75 Å². The van der Waals surface area contributed by atoms with Crippen LogP contribution in [-0.2, 0) is 9.59 Å². The Morgan fingerprint density at radius 1 is 1.15 bits per heavy atom. The van der Waals surface area contributed by atoms with Gasteiger partial charge < -0.3 is 15.2 Å². The van der Waals surface area contributed by atoms with Crippen LogP contribution in [0.1, 0.15) is 24.9 Å². The first-order valence-corrected chi connectivity index (χ1v) is 9.23. The molecule has 2 rings (SSSR count). The van der Waals surface area contributed by atoms with Gasteiger partial charge in [-0.3, -0.25) is 9.59 Å². The predicted molar refractivity (Wildman–Crippen MR) is 103 cm³/mol. The summed E-state index contributed by atoms with van der Waals surface area (Å²) in [6.45, 7) is 1.78. The number of methoxy groups -OCH3 is 1. The van der Waals surface area contributed by atoms with Crippen molar-refractivity contribution in [3.05, 3.63) is 59.1 Å². The van der Waals surface area contributed by atoms with Gasteiger partial charge >= 0.3 is 5.97 Å². The van der Waals surface area contributed by atoms with Crippen LogP contribution in [0.4, 0.5) is 0 Å². The lowest BCUT2D eigenvalue weighted by atomic mass is 10.0. The number of carboxylic acid groups (broad SMARTS) is 1. The Balaban J connectivity index is 2.04. The van der Waals surface area contributed by atoms with E-state index in [-0.39, 0.29) is 17.6 Å². The molecule has 0 aliphatic carbocycles. The van der Waals surface area contributed by atoms with Crippen LogP contribution >= 0.6 is 23.4 Å². The fourth-order valence-corrected chi connectivity index (χ4v) is 3.33. The molecule has 7 heteroatoms. The summed E-state index contributed by atoms with van der Waals surface area (Å²) in [5.41, 5.74) is 0.701. The quantitative estimate of drug-likeness (QED) is 0.658. The van der Waals surface area contributed by atoms with Crippen LogP contribution in [0.15, 0.2) is 53.4 Å². The minimum absolute atomic E-state index is 0.201. The summed E-state index contributed by atoms with van der Waals surface area (Å²) in [6, 6.07) is 13.6. The summed E-state index contributed by atoms with van der Waals surface area (Å²) in [5.74, 6) is -0.469. The smallest absolute Gasteiger partial charge is 0.305 e. The van der Waals surface area contributed by atoms with Crippen LogP contribution in [0, 0.1) is 0 Å². The number of carbonyl (C=O) groups is 2. The van der Waals surface area contributed by atoms with E-state index in [4.69, 9.17) is 21.4 Å². The van der Waals surface area contributed by atoms with Crippen molar-refractivity contribution in [1.29, 1.82) is 0 Å². The van der Waals surface area contributed by atoms with Gasteiger partial charge in [0.15, 0.2) is 0 Å². The number of nitrogens with one attached hydrogen (secondary N) is 1. The summed E-state index contributed by atoms with van der Waals surface area (Å²) in [5, 5.41) is 12.1. The molecule has 2 aromatic carbocycles. The number of carboxylic acids is 1. The van der Waals surface area contributed by atoms with Crippen molar-refractivity contribution >= 4 is 35.2 Å². The maximum absolute atomic E-state index is 12.5. The second-order valence-corrected chi connectivity index (χ2v) is 7.50. The zero-order valence-electron chi connectivity index (χ0n) is 14.4. The number of rotatable bonds is 8. The topological polar surface area (TPSA) is 75.6 Å². The van der Waals surface area contributed by atoms with E-state index in [1.807, 2.05) is 24.3 Å². The molecule has 0 aliphatic heterocycles. The fourth-order valence-electron chi connectivity index (χ4n) is 2.32. The van der Waals surface area contributed by atoms with E-state index >= 15 is 0 Å². The van der Waals surface area contributed by atoms with Crippen molar-refractivity contribution in [3.8, 4) is 5.75 Å².